The Balaban J connectivity index is 1.75. The van der Waals surface area contributed by atoms with Crippen LogP contribution in [0.4, 0.5) is 10.1 Å². The molecule has 7 heteroatoms. The van der Waals surface area contributed by atoms with Gasteiger partial charge in [0, 0.05) is 6.54 Å². The summed E-state index contributed by atoms with van der Waals surface area (Å²) < 4.78 is 24.1. The lowest BCUT2D eigenvalue weighted by Crippen LogP contribution is -2.54. The Morgan fingerprint density at radius 1 is 1.27 bits per heavy atom. The molecule has 136 valence electrons. The maximum Gasteiger partial charge on any atom is 0.249 e. The van der Waals surface area contributed by atoms with Crippen LogP contribution in [0.15, 0.2) is 48.5 Å². The number of benzene rings is 2. The highest BCUT2D eigenvalue weighted by atomic mass is 19.1. The predicted molar refractivity (Wildman–Crippen MR) is 93.2 cm³/mol. The van der Waals surface area contributed by atoms with E-state index in [0.717, 1.165) is 5.56 Å². The highest BCUT2D eigenvalue weighted by molar-refractivity contribution is 5.98. The molecule has 1 heterocycles. The molecule has 1 saturated heterocycles. The second kappa shape index (κ2) is 7.97. The molecule has 1 fully saturated rings. The second-order valence-electron chi connectivity index (χ2n) is 5.87. The molecule has 2 aromatic carbocycles. The number of carbonyl (C=O) groups excluding carboxylic acids is 2. The number of morpholine rings is 1. The Morgan fingerprint density at radius 2 is 2.00 bits per heavy atom. The van der Waals surface area contributed by atoms with Crippen molar-refractivity contribution >= 4 is 17.5 Å². The van der Waals surface area contributed by atoms with Crippen LogP contribution in [0.5, 0.6) is 5.75 Å². The van der Waals surface area contributed by atoms with Gasteiger partial charge in [0.05, 0.1) is 19.4 Å². The molecule has 0 saturated carbocycles. The summed E-state index contributed by atoms with van der Waals surface area (Å²) in [5, 5.41) is 2.53. The average Bonchev–Trinajstić information content (AvgIpc) is 2.65. The van der Waals surface area contributed by atoms with Crippen LogP contribution in [-0.2, 0) is 20.9 Å². The van der Waals surface area contributed by atoms with E-state index >= 15 is 0 Å². The summed E-state index contributed by atoms with van der Waals surface area (Å²) in [6.07, 6.45) is 0. The number of carbonyl (C=O) groups is 2. The molecule has 1 atom stereocenters. The summed E-state index contributed by atoms with van der Waals surface area (Å²) in [5.41, 5.74) is 0.921. The number of methoxy groups -OCH3 is 1. The maximum absolute atomic E-state index is 13.8. The molecule has 0 bridgehead atoms. The van der Waals surface area contributed by atoms with Crippen molar-refractivity contribution in [3.05, 3.63) is 59.9 Å². The third-order valence-corrected chi connectivity index (χ3v) is 4.14. The number of hydrogen-bond donors (Lipinski definition) is 1. The Bertz CT molecular complexity index is 794. The molecule has 3 rings (SSSR count). The van der Waals surface area contributed by atoms with Crippen LogP contribution in [0.1, 0.15) is 5.56 Å². The quantitative estimate of drug-likeness (QED) is 0.890. The molecule has 0 spiro atoms. The van der Waals surface area contributed by atoms with Crippen LogP contribution in [-0.4, -0.2) is 43.1 Å². The van der Waals surface area contributed by atoms with Gasteiger partial charge in [0.2, 0.25) is 11.8 Å². The monoisotopic (exact) mass is 358 g/mol. The first kappa shape index (κ1) is 17.9. The minimum Gasteiger partial charge on any atom is -0.497 e. The number of rotatable bonds is 5. The molecule has 1 N–H and O–H groups in total. The van der Waals surface area contributed by atoms with Gasteiger partial charge < -0.3 is 19.7 Å². The van der Waals surface area contributed by atoms with E-state index in [1.807, 2.05) is 12.1 Å². The first-order chi connectivity index (χ1) is 12.6. The Kier molecular flexibility index (Phi) is 5.48. The van der Waals surface area contributed by atoms with Crippen molar-refractivity contribution < 1.29 is 23.5 Å². The zero-order valence-electron chi connectivity index (χ0n) is 14.3. The van der Waals surface area contributed by atoms with Crippen molar-refractivity contribution in [1.29, 1.82) is 0 Å². The zero-order valence-corrected chi connectivity index (χ0v) is 14.3. The van der Waals surface area contributed by atoms with E-state index in [-0.39, 0.29) is 31.4 Å². The van der Waals surface area contributed by atoms with Gasteiger partial charge in [0.15, 0.2) is 0 Å². The Labute approximate surface area is 150 Å². The maximum atomic E-state index is 13.8. The van der Waals surface area contributed by atoms with Gasteiger partial charge in [-0.05, 0) is 29.8 Å². The molecule has 1 aliphatic heterocycles. The van der Waals surface area contributed by atoms with Crippen molar-refractivity contribution in [3.63, 3.8) is 0 Å². The average molecular weight is 358 g/mol. The fraction of sp³-hybridized carbons (Fsp3) is 0.263. The highest BCUT2D eigenvalue weighted by Gasteiger charge is 2.34. The van der Waals surface area contributed by atoms with Gasteiger partial charge in [0.1, 0.15) is 24.2 Å². The van der Waals surface area contributed by atoms with E-state index in [9.17, 15) is 14.0 Å². The van der Waals surface area contributed by atoms with Gasteiger partial charge in [0.25, 0.3) is 0 Å². The van der Waals surface area contributed by atoms with Crippen molar-refractivity contribution in [3.8, 4) is 5.75 Å². The molecule has 0 unspecified atom stereocenters. The molecule has 26 heavy (non-hydrogen) atoms. The summed E-state index contributed by atoms with van der Waals surface area (Å²) in [5.74, 6) is -0.612. The molecule has 2 aromatic rings. The lowest BCUT2D eigenvalue weighted by molar-refractivity contribution is -0.154. The van der Waals surface area contributed by atoms with Gasteiger partial charge in [-0.25, -0.2) is 4.39 Å². The highest BCUT2D eigenvalue weighted by Crippen LogP contribution is 2.19. The molecule has 0 aliphatic carbocycles. The summed E-state index contributed by atoms with van der Waals surface area (Å²) in [4.78, 5) is 26.3. The number of amides is 2. The van der Waals surface area contributed by atoms with Gasteiger partial charge >= 0.3 is 0 Å². The van der Waals surface area contributed by atoms with E-state index in [1.165, 1.54) is 23.1 Å². The predicted octanol–water partition coefficient (Wildman–Crippen LogP) is 2.20. The van der Waals surface area contributed by atoms with Crippen molar-refractivity contribution in [2.75, 3.05) is 25.6 Å². The number of para-hydroxylation sites is 1. The third kappa shape index (κ3) is 4.00. The van der Waals surface area contributed by atoms with E-state index < -0.39 is 17.8 Å². The van der Waals surface area contributed by atoms with E-state index in [1.54, 1.807) is 25.3 Å². The minimum atomic E-state index is -0.835. The normalized spacial score (nSPS) is 17.1. The first-order valence-corrected chi connectivity index (χ1v) is 8.14. The summed E-state index contributed by atoms with van der Waals surface area (Å²) in [6, 6.07) is 12.3. The number of nitrogens with zero attached hydrogens (tertiary/aromatic N) is 1. The van der Waals surface area contributed by atoms with Gasteiger partial charge in [-0.15, -0.1) is 0 Å². The second-order valence-corrected chi connectivity index (χ2v) is 5.87. The number of halogens is 1. The van der Waals surface area contributed by atoms with Crippen LogP contribution in [0, 0.1) is 5.82 Å². The number of ether oxygens (including phenoxy) is 2. The fourth-order valence-electron chi connectivity index (χ4n) is 2.73. The van der Waals surface area contributed by atoms with E-state index in [4.69, 9.17) is 9.47 Å². The molecule has 6 nitrogen and oxygen atoms in total. The molecule has 0 aromatic heterocycles. The van der Waals surface area contributed by atoms with Crippen molar-refractivity contribution in [2.45, 2.75) is 12.6 Å². The van der Waals surface area contributed by atoms with E-state index in [2.05, 4.69) is 5.32 Å². The largest absolute Gasteiger partial charge is 0.497 e. The van der Waals surface area contributed by atoms with Crippen molar-refractivity contribution in [2.24, 2.45) is 0 Å². The Morgan fingerprint density at radius 3 is 2.69 bits per heavy atom. The molecule has 1 aliphatic rings. The third-order valence-electron chi connectivity index (χ3n) is 4.14. The lowest BCUT2D eigenvalue weighted by Gasteiger charge is -2.34. The molecular weight excluding hydrogens is 339 g/mol. The molecule has 0 radical (unpaired) electrons. The standard InChI is InChI=1S/C19H19FN2O4/c1-25-14-8-6-13(7-9-14)10-22-17(11-26-12-18(22)23)19(24)21-16-5-3-2-4-15(16)20/h2-9,17H,10-12H2,1H3,(H,21,24)/t17-/m0/s1. The zero-order chi connectivity index (χ0) is 18.5. The van der Waals surface area contributed by atoms with Crippen LogP contribution in [0.25, 0.3) is 0 Å². The van der Waals surface area contributed by atoms with Gasteiger partial charge in [-0.2, -0.15) is 0 Å². The van der Waals surface area contributed by atoms with Crippen molar-refractivity contribution in [1.82, 2.24) is 4.90 Å². The fourth-order valence-corrected chi connectivity index (χ4v) is 2.73. The van der Waals surface area contributed by atoms with Crippen LogP contribution in [0.3, 0.4) is 0 Å². The summed E-state index contributed by atoms with van der Waals surface area (Å²) >= 11 is 0. The van der Waals surface area contributed by atoms with Gasteiger partial charge in [-0.1, -0.05) is 24.3 Å². The van der Waals surface area contributed by atoms with Crippen LogP contribution < -0.4 is 10.1 Å². The number of anilines is 1. The minimum absolute atomic E-state index is 0.0577. The van der Waals surface area contributed by atoms with E-state index in [0.29, 0.717) is 5.75 Å². The lowest BCUT2D eigenvalue weighted by atomic mass is 10.1. The summed E-state index contributed by atoms with van der Waals surface area (Å²) in [6.45, 7) is 0.226. The first-order valence-electron chi connectivity index (χ1n) is 8.14. The topological polar surface area (TPSA) is 67.9 Å². The Hall–Kier alpha value is -2.93. The smallest absolute Gasteiger partial charge is 0.249 e. The number of hydrogen-bond acceptors (Lipinski definition) is 4. The number of nitrogens with one attached hydrogen (secondary N) is 1. The molecular formula is C19H19FN2O4. The van der Waals surface area contributed by atoms with Crippen LogP contribution >= 0.6 is 0 Å². The SMILES string of the molecule is COc1ccc(CN2C(=O)COC[C@H]2C(=O)Nc2ccccc2F)cc1. The summed E-state index contributed by atoms with van der Waals surface area (Å²) in [7, 11) is 1.57. The van der Waals surface area contributed by atoms with Gasteiger partial charge in [-0.3, -0.25) is 9.59 Å². The molecule has 2 amide bonds. The van der Waals surface area contributed by atoms with Crippen LogP contribution in [0.2, 0.25) is 0 Å².